The molecule has 2 unspecified atom stereocenters. The van der Waals surface area contributed by atoms with Gasteiger partial charge in [0.15, 0.2) is 0 Å². The molecule has 3 nitrogen and oxygen atoms in total. The lowest BCUT2D eigenvalue weighted by molar-refractivity contribution is 0.124. The van der Waals surface area contributed by atoms with Crippen molar-refractivity contribution >= 4 is 0 Å². The summed E-state index contributed by atoms with van der Waals surface area (Å²) >= 11 is 0. The van der Waals surface area contributed by atoms with Crippen molar-refractivity contribution in [2.45, 2.75) is 51.6 Å². The van der Waals surface area contributed by atoms with Crippen LogP contribution in [0.3, 0.4) is 0 Å². The van der Waals surface area contributed by atoms with Gasteiger partial charge in [-0.15, -0.1) is 0 Å². The van der Waals surface area contributed by atoms with Crippen LogP contribution in [0.4, 0.5) is 0 Å². The number of nitrogens with zero attached hydrogens (tertiary/aromatic N) is 2. The van der Waals surface area contributed by atoms with E-state index in [1.54, 1.807) is 0 Å². The van der Waals surface area contributed by atoms with Crippen molar-refractivity contribution in [3.63, 3.8) is 0 Å². The third-order valence-corrected chi connectivity index (χ3v) is 3.91. The minimum atomic E-state index is 0.659. The third kappa shape index (κ3) is 5.36. The van der Waals surface area contributed by atoms with E-state index in [9.17, 15) is 0 Å². The highest BCUT2D eigenvalue weighted by Crippen LogP contribution is 2.13. The molecule has 2 atom stereocenters. The molecule has 1 saturated heterocycles. The smallest absolute Gasteiger partial charge is 0.0221 e. The summed E-state index contributed by atoms with van der Waals surface area (Å²) in [4.78, 5) is 5.03. The largest absolute Gasteiger partial charge is 0.313 e. The molecule has 0 aromatic heterocycles. The van der Waals surface area contributed by atoms with E-state index < -0.39 is 0 Å². The maximum Gasteiger partial charge on any atom is 0.0221 e. The number of likely N-dealkylation sites (tertiary alicyclic amines) is 1. The van der Waals surface area contributed by atoms with Crippen molar-refractivity contribution in [3.8, 4) is 0 Å². The number of likely N-dealkylation sites (N-methyl/N-ethyl adjacent to an activating group) is 2. The molecule has 1 rings (SSSR count). The number of hydrogen-bond donors (Lipinski definition) is 1. The van der Waals surface area contributed by atoms with E-state index in [0.29, 0.717) is 6.04 Å². The topological polar surface area (TPSA) is 18.5 Å². The summed E-state index contributed by atoms with van der Waals surface area (Å²) in [7, 11) is 4.53. The molecule has 0 aliphatic carbocycles. The Balaban J connectivity index is 2.32. The van der Waals surface area contributed by atoms with E-state index in [2.05, 4.69) is 43.1 Å². The lowest BCUT2D eigenvalue weighted by Crippen LogP contribution is -2.49. The first-order valence-electron chi connectivity index (χ1n) is 7.29. The minimum Gasteiger partial charge on any atom is -0.313 e. The Hall–Kier alpha value is -0.120. The zero-order valence-electron chi connectivity index (χ0n) is 12.2. The van der Waals surface area contributed by atoms with E-state index in [1.807, 2.05) is 0 Å². The van der Waals surface area contributed by atoms with Gasteiger partial charge in [0, 0.05) is 25.2 Å². The van der Waals surface area contributed by atoms with Crippen molar-refractivity contribution in [1.29, 1.82) is 0 Å². The summed E-state index contributed by atoms with van der Waals surface area (Å²) in [6.07, 6.45) is 5.18. The first-order chi connectivity index (χ1) is 8.17. The molecule has 1 aliphatic rings. The Kier molecular flexibility index (Phi) is 7.09. The maximum atomic E-state index is 3.65. The SMILES string of the molecule is CCCNC(CC)CN(C)C1CCCN(C)C1. The van der Waals surface area contributed by atoms with Gasteiger partial charge < -0.3 is 15.1 Å². The summed E-state index contributed by atoms with van der Waals surface area (Å²) < 4.78 is 0. The standard InChI is InChI=1S/C14H31N3/c1-5-9-15-13(6-2)11-17(4)14-8-7-10-16(3)12-14/h13-15H,5-12H2,1-4H3. The quantitative estimate of drug-likeness (QED) is 0.733. The summed E-state index contributed by atoms with van der Waals surface area (Å²) in [5.41, 5.74) is 0. The molecule has 17 heavy (non-hydrogen) atoms. The third-order valence-electron chi connectivity index (χ3n) is 3.91. The molecular formula is C14H31N3. The highest BCUT2D eigenvalue weighted by atomic mass is 15.2. The van der Waals surface area contributed by atoms with Crippen LogP contribution in [-0.4, -0.2) is 62.2 Å². The first kappa shape index (κ1) is 14.9. The molecule has 1 fully saturated rings. The van der Waals surface area contributed by atoms with E-state index in [1.165, 1.54) is 45.3 Å². The fourth-order valence-electron chi connectivity index (χ4n) is 2.68. The molecule has 0 bridgehead atoms. The van der Waals surface area contributed by atoms with Crippen molar-refractivity contribution in [3.05, 3.63) is 0 Å². The molecule has 0 radical (unpaired) electrons. The van der Waals surface area contributed by atoms with Crippen LogP contribution in [0.2, 0.25) is 0 Å². The van der Waals surface area contributed by atoms with Crippen LogP contribution in [0.1, 0.15) is 39.5 Å². The van der Waals surface area contributed by atoms with Gasteiger partial charge in [0.1, 0.15) is 0 Å². The first-order valence-corrected chi connectivity index (χ1v) is 7.29. The second-order valence-corrected chi connectivity index (χ2v) is 5.56. The molecule has 1 aliphatic heterocycles. The predicted molar refractivity (Wildman–Crippen MR) is 75.5 cm³/mol. The zero-order valence-corrected chi connectivity index (χ0v) is 12.2. The molecular weight excluding hydrogens is 210 g/mol. The average Bonchev–Trinajstić information content (AvgIpc) is 2.34. The fraction of sp³-hybridized carbons (Fsp3) is 1.00. The Labute approximate surface area is 108 Å². The summed E-state index contributed by atoms with van der Waals surface area (Å²) in [5, 5.41) is 3.65. The Morgan fingerprint density at radius 3 is 2.76 bits per heavy atom. The highest BCUT2D eigenvalue weighted by Gasteiger charge is 2.22. The van der Waals surface area contributed by atoms with Crippen LogP contribution in [0, 0.1) is 0 Å². The van der Waals surface area contributed by atoms with E-state index in [0.717, 1.165) is 12.6 Å². The van der Waals surface area contributed by atoms with Gasteiger partial charge in [0.05, 0.1) is 0 Å². The maximum absolute atomic E-state index is 3.65. The van der Waals surface area contributed by atoms with Crippen LogP contribution in [0.5, 0.6) is 0 Å². The van der Waals surface area contributed by atoms with Gasteiger partial charge in [-0.1, -0.05) is 13.8 Å². The molecule has 1 heterocycles. The molecule has 102 valence electrons. The molecule has 1 N–H and O–H groups in total. The normalized spacial score (nSPS) is 24.2. The molecule has 0 saturated carbocycles. The monoisotopic (exact) mass is 241 g/mol. The van der Waals surface area contributed by atoms with Crippen molar-refractivity contribution in [2.75, 3.05) is 40.3 Å². The number of nitrogens with one attached hydrogen (secondary N) is 1. The Bertz CT molecular complexity index is 196. The zero-order chi connectivity index (χ0) is 12.7. The van der Waals surface area contributed by atoms with Gasteiger partial charge in [-0.25, -0.2) is 0 Å². The Morgan fingerprint density at radius 1 is 1.41 bits per heavy atom. The number of hydrogen-bond acceptors (Lipinski definition) is 3. The number of piperidine rings is 1. The lowest BCUT2D eigenvalue weighted by Gasteiger charge is -2.37. The summed E-state index contributed by atoms with van der Waals surface area (Å²) in [5.74, 6) is 0. The highest BCUT2D eigenvalue weighted by molar-refractivity contribution is 4.80. The van der Waals surface area contributed by atoms with Crippen molar-refractivity contribution in [1.82, 2.24) is 15.1 Å². The van der Waals surface area contributed by atoms with E-state index in [4.69, 9.17) is 0 Å². The predicted octanol–water partition coefficient (Wildman–Crippen LogP) is 1.79. The van der Waals surface area contributed by atoms with Crippen molar-refractivity contribution < 1.29 is 0 Å². The van der Waals surface area contributed by atoms with Gasteiger partial charge in [0.2, 0.25) is 0 Å². The van der Waals surface area contributed by atoms with Gasteiger partial charge in [-0.2, -0.15) is 0 Å². The molecule has 0 spiro atoms. The van der Waals surface area contributed by atoms with Crippen LogP contribution in [-0.2, 0) is 0 Å². The second-order valence-electron chi connectivity index (χ2n) is 5.56. The van der Waals surface area contributed by atoms with E-state index in [-0.39, 0.29) is 0 Å². The second kappa shape index (κ2) is 8.06. The van der Waals surface area contributed by atoms with Crippen molar-refractivity contribution in [2.24, 2.45) is 0 Å². The van der Waals surface area contributed by atoms with Gasteiger partial charge in [0.25, 0.3) is 0 Å². The average molecular weight is 241 g/mol. The molecule has 0 aromatic carbocycles. The number of rotatable bonds is 7. The fourth-order valence-corrected chi connectivity index (χ4v) is 2.68. The van der Waals surface area contributed by atoms with Crippen LogP contribution in [0.15, 0.2) is 0 Å². The van der Waals surface area contributed by atoms with Crippen LogP contribution in [0.25, 0.3) is 0 Å². The molecule has 0 amide bonds. The minimum absolute atomic E-state index is 0.659. The van der Waals surface area contributed by atoms with Gasteiger partial charge >= 0.3 is 0 Å². The van der Waals surface area contributed by atoms with Gasteiger partial charge in [-0.05, 0) is 52.9 Å². The molecule has 0 aromatic rings. The van der Waals surface area contributed by atoms with Gasteiger partial charge in [-0.3, -0.25) is 0 Å². The summed E-state index contributed by atoms with van der Waals surface area (Å²) in [6, 6.07) is 1.42. The van der Waals surface area contributed by atoms with Crippen LogP contribution >= 0.6 is 0 Å². The lowest BCUT2D eigenvalue weighted by atomic mass is 10.0. The van der Waals surface area contributed by atoms with E-state index >= 15 is 0 Å². The van der Waals surface area contributed by atoms with Crippen LogP contribution < -0.4 is 5.32 Å². The summed E-state index contributed by atoms with van der Waals surface area (Å²) in [6.45, 7) is 9.37. The Morgan fingerprint density at radius 2 is 2.18 bits per heavy atom. The molecule has 3 heteroatoms.